The van der Waals surface area contributed by atoms with Crippen LogP contribution in [0.25, 0.3) is 0 Å². The summed E-state index contributed by atoms with van der Waals surface area (Å²) in [7, 11) is 0. The highest BCUT2D eigenvalue weighted by molar-refractivity contribution is 5.91. The Balaban J connectivity index is 1.97. The lowest BCUT2D eigenvalue weighted by atomic mass is 9.86. The second-order valence-electron chi connectivity index (χ2n) is 4.83. The number of carbonyl (C=O) groups is 1. The predicted molar refractivity (Wildman–Crippen MR) is 74.8 cm³/mol. The summed E-state index contributed by atoms with van der Waals surface area (Å²) in [5.41, 5.74) is 3.52. The summed E-state index contributed by atoms with van der Waals surface area (Å²) in [5, 5.41) is 12.6. The molecule has 0 spiro atoms. The molecule has 0 aliphatic carbocycles. The number of aromatic carboxylic acids is 1. The fourth-order valence-corrected chi connectivity index (χ4v) is 2.69. The number of rotatable bonds is 2. The van der Waals surface area contributed by atoms with E-state index in [0.717, 1.165) is 24.2 Å². The Morgan fingerprint density at radius 1 is 1.11 bits per heavy atom. The van der Waals surface area contributed by atoms with E-state index in [-0.39, 0.29) is 0 Å². The Hall–Kier alpha value is -2.29. The number of carboxylic acids is 1. The second kappa shape index (κ2) is 4.76. The van der Waals surface area contributed by atoms with Gasteiger partial charge < -0.3 is 10.4 Å². The summed E-state index contributed by atoms with van der Waals surface area (Å²) >= 11 is 0. The maximum absolute atomic E-state index is 11.3. The van der Waals surface area contributed by atoms with Crippen molar-refractivity contribution in [3.8, 4) is 0 Å². The van der Waals surface area contributed by atoms with E-state index in [0.29, 0.717) is 11.5 Å². The summed E-state index contributed by atoms with van der Waals surface area (Å²) in [6, 6.07) is 15.6. The molecule has 2 aromatic carbocycles. The topological polar surface area (TPSA) is 49.3 Å². The summed E-state index contributed by atoms with van der Waals surface area (Å²) in [6.07, 6.45) is 0.773. The zero-order valence-corrected chi connectivity index (χ0v) is 10.5. The molecule has 1 unspecified atom stereocenters. The van der Waals surface area contributed by atoms with Gasteiger partial charge in [0.25, 0.3) is 0 Å². The molecular weight excluding hydrogens is 238 g/mol. The second-order valence-corrected chi connectivity index (χ2v) is 4.83. The average Bonchev–Trinajstić information content (AvgIpc) is 2.47. The largest absolute Gasteiger partial charge is 0.478 e. The van der Waals surface area contributed by atoms with Gasteiger partial charge >= 0.3 is 5.97 Å². The Labute approximate surface area is 111 Å². The Bertz CT molecular complexity index is 607. The van der Waals surface area contributed by atoms with Crippen LogP contribution in [0.3, 0.4) is 0 Å². The maximum Gasteiger partial charge on any atom is 0.336 e. The van der Waals surface area contributed by atoms with E-state index >= 15 is 0 Å². The first kappa shape index (κ1) is 11.8. The number of fused-ring (bicyclic) bond motifs is 1. The molecule has 0 amide bonds. The lowest BCUT2D eigenvalue weighted by molar-refractivity contribution is 0.0695. The number of hydrogen-bond donors (Lipinski definition) is 2. The van der Waals surface area contributed by atoms with Crippen molar-refractivity contribution in [2.75, 3.05) is 11.9 Å². The number of nitrogens with one attached hydrogen (secondary N) is 1. The van der Waals surface area contributed by atoms with Crippen molar-refractivity contribution in [2.45, 2.75) is 12.3 Å². The van der Waals surface area contributed by atoms with Crippen LogP contribution >= 0.6 is 0 Å². The monoisotopic (exact) mass is 253 g/mol. The summed E-state index contributed by atoms with van der Waals surface area (Å²) < 4.78 is 0. The van der Waals surface area contributed by atoms with Gasteiger partial charge in [0.05, 0.1) is 5.56 Å². The molecule has 1 heterocycles. The smallest absolute Gasteiger partial charge is 0.336 e. The van der Waals surface area contributed by atoms with E-state index in [1.807, 2.05) is 24.3 Å². The van der Waals surface area contributed by atoms with E-state index in [9.17, 15) is 9.90 Å². The lowest BCUT2D eigenvalue weighted by Crippen LogP contribution is -2.23. The Morgan fingerprint density at radius 3 is 2.63 bits per heavy atom. The van der Waals surface area contributed by atoms with Crippen LogP contribution < -0.4 is 5.32 Å². The molecule has 0 radical (unpaired) electrons. The molecule has 1 aliphatic rings. The molecule has 19 heavy (non-hydrogen) atoms. The molecule has 1 aliphatic heterocycles. The minimum atomic E-state index is -0.854. The molecule has 0 fully saturated rings. The maximum atomic E-state index is 11.3. The number of hydrogen-bond acceptors (Lipinski definition) is 2. The molecule has 0 bridgehead atoms. The van der Waals surface area contributed by atoms with Crippen molar-refractivity contribution in [3.63, 3.8) is 0 Å². The molecule has 2 N–H and O–H groups in total. The quantitative estimate of drug-likeness (QED) is 0.864. The van der Waals surface area contributed by atoms with E-state index in [1.54, 1.807) is 12.1 Å². The molecule has 1 atom stereocenters. The minimum Gasteiger partial charge on any atom is -0.478 e. The third kappa shape index (κ3) is 2.19. The SMILES string of the molecule is O=C(O)c1cccc2c1CC(c1ccccc1)CN2. The fraction of sp³-hybridized carbons (Fsp3) is 0.188. The summed E-state index contributed by atoms with van der Waals surface area (Å²) in [4.78, 5) is 11.3. The van der Waals surface area contributed by atoms with Crippen LogP contribution in [-0.2, 0) is 6.42 Å². The molecule has 3 rings (SSSR count). The standard InChI is InChI=1S/C16H15NO2/c18-16(19)13-7-4-8-15-14(13)9-12(10-17-15)11-5-2-1-3-6-11/h1-8,12,17H,9-10H2,(H,18,19). The highest BCUT2D eigenvalue weighted by Crippen LogP contribution is 2.32. The van der Waals surface area contributed by atoms with Gasteiger partial charge in [0.2, 0.25) is 0 Å². The van der Waals surface area contributed by atoms with Gasteiger partial charge in [-0.2, -0.15) is 0 Å². The number of carboxylic acid groups (broad SMARTS) is 1. The van der Waals surface area contributed by atoms with E-state index in [4.69, 9.17) is 0 Å². The molecule has 2 aromatic rings. The van der Waals surface area contributed by atoms with E-state index in [2.05, 4.69) is 17.4 Å². The molecule has 0 saturated carbocycles. The molecule has 0 saturated heterocycles. The van der Waals surface area contributed by atoms with Gasteiger partial charge in [0.15, 0.2) is 0 Å². The zero-order chi connectivity index (χ0) is 13.2. The van der Waals surface area contributed by atoms with Crippen LogP contribution in [0.1, 0.15) is 27.4 Å². The summed E-state index contributed by atoms with van der Waals surface area (Å²) in [5.74, 6) is -0.526. The van der Waals surface area contributed by atoms with Crippen LogP contribution in [0.15, 0.2) is 48.5 Å². The van der Waals surface area contributed by atoms with Crippen LogP contribution in [0, 0.1) is 0 Å². The van der Waals surface area contributed by atoms with Crippen molar-refractivity contribution in [2.24, 2.45) is 0 Å². The highest BCUT2D eigenvalue weighted by Gasteiger charge is 2.23. The van der Waals surface area contributed by atoms with Crippen LogP contribution in [0.5, 0.6) is 0 Å². The van der Waals surface area contributed by atoms with Crippen molar-refractivity contribution in [3.05, 3.63) is 65.2 Å². The van der Waals surface area contributed by atoms with Gasteiger partial charge in [-0.1, -0.05) is 36.4 Å². The first-order valence-electron chi connectivity index (χ1n) is 6.39. The van der Waals surface area contributed by atoms with Crippen LogP contribution in [0.4, 0.5) is 5.69 Å². The predicted octanol–water partition coefficient (Wildman–Crippen LogP) is 3.14. The highest BCUT2D eigenvalue weighted by atomic mass is 16.4. The van der Waals surface area contributed by atoms with Crippen LogP contribution in [-0.4, -0.2) is 17.6 Å². The third-order valence-electron chi connectivity index (χ3n) is 3.67. The van der Waals surface area contributed by atoms with E-state index in [1.165, 1.54) is 5.56 Å². The number of anilines is 1. The first-order chi connectivity index (χ1) is 9.25. The van der Waals surface area contributed by atoms with E-state index < -0.39 is 5.97 Å². The van der Waals surface area contributed by atoms with Gasteiger partial charge in [-0.05, 0) is 29.7 Å². The molecular formula is C16H15NO2. The Morgan fingerprint density at radius 2 is 1.89 bits per heavy atom. The molecule has 96 valence electrons. The normalized spacial score (nSPS) is 17.4. The zero-order valence-electron chi connectivity index (χ0n) is 10.5. The van der Waals surface area contributed by atoms with Gasteiger partial charge in [-0.3, -0.25) is 0 Å². The average molecular weight is 253 g/mol. The molecule has 3 heteroatoms. The van der Waals surface area contributed by atoms with Crippen molar-refractivity contribution in [1.82, 2.24) is 0 Å². The minimum absolute atomic E-state index is 0.328. The van der Waals surface area contributed by atoms with Crippen molar-refractivity contribution >= 4 is 11.7 Å². The lowest BCUT2D eigenvalue weighted by Gasteiger charge is -2.27. The molecule has 3 nitrogen and oxygen atoms in total. The van der Waals surface area contributed by atoms with Gasteiger partial charge in [-0.15, -0.1) is 0 Å². The van der Waals surface area contributed by atoms with Crippen LogP contribution in [0.2, 0.25) is 0 Å². The van der Waals surface area contributed by atoms with Crippen molar-refractivity contribution < 1.29 is 9.90 Å². The fourth-order valence-electron chi connectivity index (χ4n) is 2.69. The molecule has 0 aromatic heterocycles. The van der Waals surface area contributed by atoms with Crippen molar-refractivity contribution in [1.29, 1.82) is 0 Å². The van der Waals surface area contributed by atoms with Gasteiger partial charge in [0.1, 0.15) is 0 Å². The number of benzene rings is 2. The van der Waals surface area contributed by atoms with Gasteiger partial charge in [0, 0.05) is 18.2 Å². The summed E-state index contributed by atoms with van der Waals surface area (Å²) in [6.45, 7) is 0.847. The first-order valence-corrected chi connectivity index (χ1v) is 6.39. The van der Waals surface area contributed by atoms with Gasteiger partial charge in [-0.25, -0.2) is 4.79 Å². The Kier molecular flexibility index (Phi) is 2.95. The third-order valence-corrected chi connectivity index (χ3v) is 3.67.